The van der Waals surface area contributed by atoms with Crippen molar-refractivity contribution in [3.63, 3.8) is 0 Å². The number of benzene rings is 1. The maximum absolute atomic E-state index is 12.0. The van der Waals surface area contributed by atoms with Crippen molar-refractivity contribution in [3.05, 3.63) is 59.3 Å². The largest absolute Gasteiger partial charge is 0.404 e. The average molecular weight is 267 g/mol. The number of pyridine rings is 1. The Morgan fingerprint density at radius 2 is 2.00 bits per heavy atom. The summed E-state index contributed by atoms with van der Waals surface area (Å²) in [5.41, 5.74) is 2.51. The van der Waals surface area contributed by atoms with E-state index < -0.39 is 5.97 Å². The van der Waals surface area contributed by atoms with E-state index >= 15 is 0 Å². The number of rotatable bonds is 2. The molecule has 0 spiro atoms. The Balaban J connectivity index is 1.82. The van der Waals surface area contributed by atoms with Gasteiger partial charge < -0.3 is 4.74 Å². The molecule has 0 bridgehead atoms. The summed E-state index contributed by atoms with van der Waals surface area (Å²) in [6, 6.07) is 10.5. The van der Waals surface area contributed by atoms with E-state index in [1.54, 1.807) is 36.5 Å². The van der Waals surface area contributed by atoms with Crippen LogP contribution in [0.4, 0.5) is 0 Å². The number of Topliss-reactive ketones (excluding diaryl/α,β-unsaturated/α-hetero) is 1. The lowest BCUT2D eigenvalue weighted by Crippen LogP contribution is -2.15. The third kappa shape index (κ3) is 2.59. The molecule has 0 saturated heterocycles. The van der Waals surface area contributed by atoms with E-state index in [9.17, 15) is 9.59 Å². The van der Waals surface area contributed by atoms with Gasteiger partial charge in [-0.25, -0.2) is 9.78 Å². The fourth-order valence-electron chi connectivity index (χ4n) is 2.30. The van der Waals surface area contributed by atoms with Gasteiger partial charge in [-0.1, -0.05) is 12.1 Å². The second kappa shape index (κ2) is 5.25. The highest BCUT2D eigenvalue weighted by Gasteiger charge is 2.18. The summed E-state index contributed by atoms with van der Waals surface area (Å²) in [5, 5.41) is 0. The third-order valence-electron chi connectivity index (χ3n) is 3.34. The Morgan fingerprint density at radius 1 is 1.10 bits per heavy atom. The van der Waals surface area contributed by atoms with Crippen molar-refractivity contribution in [2.24, 2.45) is 0 Å². The highest BCUT2D eigenvalue weighted by molar-refractivity contribution is 5.92. The van der Waals surface area contributed by atoms with Crippen LogP contribution in [0.3, 0.4) is 0 Å². The quantitative estimate of drug-likeness (QED) is 0.784. The lowest BCUT2D eigenvalue weighted by molar-refractivity contribution is -0.118. The van der Waals surface area contributed by atoms with Crippen molar-refractivity contribution < 1.29 is 14.3 Å². The van der Waals surface area contributed by atoms with Crippen molar-refractivity contribution in [1.29, 1.82) is 0 Å². The van der Waals surface area contributed by atoms with E-state index in [1.165, 1.54) is 0 Å². The summed E-state index contributed by atoms with van der Waals surface area (Å²) in [4.78, 5) is 27.5. The summed E-state index contributed by atoms with van der Waals surface area (Å²) in [7, 11) is 0. The molecular formula is C16H13NO3. The minimum absolute atomic E-state index is 0.216. The molecule has 0 fully saturated rings. The Hall–Kier alpha value is -2.49. The van der Waals surface area contributed by atoms with Gasteiger partial charge in [0, 0.05) is 25.1 Å². The standard InChI is InChI=1S/C16H13NO3/c18-14-7-6-11-4-5-12(9-13(11)10-14)16(19)20-15-3-1-2-8-17-15/h1-5,8-9H,6-7,10H2. The van der Waals surface area contributed by atoms with Crippen LogP contribution >= 0.6 is 0 Å². The first-order valence-electron chi connectivity index (χ1n) is 6.49. The molecule has 1 aromatic carbocycles. The van der Waals surface area contributed by atoms with Gasteiger partial charge in [0.1, 0.15) is 5.78 Å². The van der Waals surface area contributed by atoms with Crippen LogP contribution in [0.5, 0.6) is 5.88 Å². The maximum Gasteiger partial charge on any atom is 0.344 e. The first-order chi connectivity index (χ1) is 9.72. The molecule has 1 heterocycles. The van der Waals surface area contributed by atoms with E-state index in [1.807, 2.05) is 6.07 Å². The molecule has 4 heteroatoms. The molecule has 0 aliphatic heterocycles. The van der Waals surface area contributed by atoms with E-state index in [0.717, 1.165) is 17.5 Å². The number of ketones is 1. The van der Waals surface area contributed by atoms with Gasteiger partial charge in [0.15, 0.2) is 0 Å². The molecule has 20 heavy (non-hydrogen) atoms. The highest BCUT2D eigenvalue weighted by Crippen LogP contribution is 2.21. The van der Waals surface area contributed by atoms with Gasteiger partial charge in [-0.05, 0) is 35.7 Å². The van der Waals surface area contributed by atoms with Crippen LogP contribution in [0, 0.1) is 0 Å². The van der Waals surface area contributed by atoms with Crippen molar-refractivity contribution in [1.82, 2.24) is 4.98 Å². The predicted molar refractivity (Wildman–Crippen MR) is 72.7 cm³/mol. The smallest absolute Gasteiger partial charge is 0.344 e. The number of hydrogen-bond donors (Lipinski definition) is 0. The van der Waals surface area contributed by atoms with Gasteiger partial charge in [0.05, 0.1) is 5.56 Å². The minimum Gasteiger partial charge on any atom is -0.404 e. The number of fused-ring (bicyclic) bond motifs is 1. The molecule has 100 valence electrons. The SMILES string of the molecule is O=C1CCc2ccc(C(=O)Oc3ccccn3)cc2C1. The molecule has 0 radical (unpaired) electrons. The number of hydrogen-bond acceptors (Lipinski definition) is 4. The topological polar surface area (TPSA) is 56.3 Å². The minimum atomic E-state index is -0.454. The van der Waals surface area contributed by atoms with Gasteiger partial charge in [-0.2, -0.15) is 0 Å². The van der Waals surface area contributed by atoms with Crippen LogP contribution in [-0.2, 0) is 17.6 Å². The third-order valence-corrected chi connectivity index (χ3v) is 3.34. The predicted octanol–water partition coefficient (Wildman–Crippen LogP) is 2.36. The number of aryl methyl sites for hydroxylation is 1. The number of carbonyl (C=O) groups excluding carboxylic acids is 2. The van der Waals surface area contributed by atoms with Crippen molar-refractivity contribution >= 4 is 11.8 Å². The Bertz CT molecular complexity index is 665. The Morgan fingerprint density at radius 3 is 2.80 bits per heavy atom. The number of nitrogens with zero attached hydrogens (tertiary/aromatic N) is 1. The normalized spacial score (nSPS) is 13.7. The lowest BCUT2D eigenvalue weighted by Gasteiger charge is -2.15. The molecular weight excluding hydrogens is 254 g/mol. The maximum atomic E-state index is 12.0. The molecule has 1 aromatic heterocycles. The molecule has 0 saturated carbocycles. The van der Waals surface area contributed by atoms with Crippen LogP contribution in [-0.4, -0.2) is 16.7 Å². The highest BCUT2D eigenvalue weighted by atomic mass is 16.5. The Labute approximate surface area is 116 Å². The monoisotopic (exact) mass is 267 g/mol. The molecule has 4 nitrogen and oxygen atoms in total. The Kier molecular flexibility index (Phi) is 3.29. The van der Waals surface area contributed by atoms with Gasteiger partial charge in [-0.3, -0.25) is 4.79 Å². The van der Waals surface area contributed by atoms with Crippen LogP contribution in [0.15, 0.2) is 42.6 Å². The molecule has 0 unspecified atom stereocenters. The number of carbonyl (C=O) groups is 2. The second-order valence-electron chi connectivity index (χ2n) is 4.76. The molecule has 3 rings (SSSR count). The van der Waals surface area contributed by atoms with E-state index in [-0.39, 0.29) is 11.7 Å². The molecule has 1 aliphatic carbocycles. The molecule has 0 amide bonds. The van der Waals surface area contributed by atoms with Gasteiger partial charge in [0.25, 0.3) is 0 Å². The molecule has 2 aromatic rings. The summed E-state index contributed by atoms with van der Waals surface area (Å²) in [6.07, 6.45) is 3.31. The zero-order valence-electron chi connectivity index (χ0n) is 10.8. The average Bonchev–Trinajstić information content (AvgIpc) is 2.47. The fraction of sp³-hybridized carbons (Fsp3) is 0.188. The summed E-state index contributed by atoms with van der Waals surface area (Å²) < 4.78 is 5.18. The first-order valence-corrected chi connectivity index (χ1v) is 6.49. The zero-order valence-corrected chi connectivity index (χ0v) is 10.8. The number of esters is 1. The lowest BCUT2D eigenvalue weighted by atomic mass is 9.89. The molecule has 0 atom stereocenters. The second-order valence-corrected chi connectivity index (χ2v) is 4.76. The van der Waals surface area contributed by atoms with Crippen LogP contribution in [0.25, 0.3) is 0 Å². The summed E-state index contributed by atoms with van der Waals surface area (Å²) >= 11 is 0. The summed E-state index contributed by atoms with van der Waals surface area (Å²) in [5.74, 6) is 0.0311. The zero-order chi connectivity index (χ0) is 13.9. The van der Waals surface area contributed by atoms with Gasteiger partial charge in [-0.15, -0.1) is 0 Å². The number of aromatic nitrogens is 1. The first kappa shape index (κ1) is 12.5. The van der Waals surface area contributed by atoms with Crippen molar-refractivity contribution in [2.45, 2.75) is 19.3 Å². The van der Waals surface area contributed by atoms with E-state index in [2.05, 4.69) is 4.98 Å². The van der Waals surface area contributed by atoms with E-state index in [4.69, 9.17) is 4.74 Å². The molecule has 0 N–H and O–H groups in total. The summed E-state index contributed by atoms with van der Waals surface area (Å²) in [6.45, 7) is 0. The van der Waals surface area contributed by atoms with Crippen molar-refractivity contribution in [2.75, 3.05) is 0 Å². The van der Waals surface area contributed by atoms with E-state index in [0.29, 0.717) is 18.4 Å². The van der Waals surface area contributed by atoms with Crippen LogP contribution in [0.1, 0.15) is 27.9 Å². The molecule has 1 aliphatic rings. The van der Waals surface area contributed by atoms with Gasteiger partial charge in [0.2, 0.25) is 5.88 Å². The van der Waals surface area contributed by atoms with Gasteiger partial charge >= 0.3 is 5.97 Å². The van der Waals surface area contributed by atoms with Crippen molar-refractivity contribution in [3.8, 4) is 5.88 Å². The van der Waals surface area contributed by atoms with Crippen LogP contribution in [0.2, 0.25) is 0 Å². The number of ether oxygens (including phenoxy) is 1. The fourth-order valence-corrected chi connectivity index (χ4v) is 2.30. The van der Waals surface area contributed by atoms with Crippen LogP contribution < -0.4 is 4.74 Å².